The number of aryl methyl sites for hydroxylation is 1. The van der Waals surface area contributed by atoms with Crippen molar-refractivity contribution in [3.05, 3.63) is 32.7 Å². The van der Waals surface area contributed by atoms with Crippen LogP contribution in [0.15, 0.2) is 21.9 Å². The Bertz CT molecular complexity index is 503. The average Bonchev–Trinajstić information content (AvgIpc) is 3.01. The van der Waals surface area contributed by atoms with E-state index in [9.17, 15) is 0 Å². The fraction of sp³-hybridized carbons (Fsp3) is 0.364. The third-order valence-electron chi connectivity index (χ3n) is 2.19. The first-order valence-electron chi connectivity index (χ1n) is 5.52. The van der Waals surface area contributed by atoms with Gasteiger partial charge in [0, 0.05) is 29.7 Å². The Morgan fingerprint density at radius 2 is 2.06 bits per heavy atom. The Hall–Kier alpha value is -1.47. The van der Waals surface area contributed by atoms with E-state index in [1.54, 1.807) is 35.9 Å². The van der Waals surface area contributed by atoms with E-state index in [0.717, 1.165) is 21.7 Å². The van der Waals surface area contributed by atoms with Crippen molar-refractivity contribution in [1.82, 2.24) is 20.6 Å². The van der Waals surface area contributed by atoms with Gasteiger partial charge in [0.25, 0.3) is 0 Å². The van der Waals surface area contributed by atoms with Crippen molar-refractivity contribution in [2.75, 3.05) is 7.05 Å². The molecule has 0 aromatic carbocycles. The molecule has 2 rings (SSSR count). The Labute approximate surface area is 114 Å². The molecule has 0 aliphatic rings. The lowest BCUT2D eigenvalue weighted by Crippen LogP contribution is -2.36. The fourth-order valence-corrected chi connectivity index (χ4v) is 2.63. The molecule has 0 saturated heterocycles. The lowest BCUT2D eigenvalue weighted by molar-refractivity contribution is 0.800. The van der Waals surface area contributed by atoms with Gasteiger partial charge in [-0.2, -0.15) is 0 Å². The summed E-state index contributed by atoms with van der Waals surface area (Å²) in [7, 11) is 1.75. The minimum atomic E-state index is 0.689. The van der Waals surface area contributed by atoms with Gasteiger partial charge in [0.2, 0.25) is 0 Å². The molecule has 0 spiro atoms. The summed E-state index contributed by atoms with van der Waals surface area (Å²) < 4.78 is 0. The molecule has 0 amide bonds. The smallest absolute Gasteiger partial charge is 0.191 e. The number of aromatic nitrogens is 2. The maximum absolute atomic E-state index is 4.39. The molecular formula is C11H15N5S2. The van der Waals surface area contributed by atoms with Crippen LogP contribution in [0.25, 0.3) is 0 Å². The van der Waals surface area contributed by atoms with E-state index < -0.39 is 0 Å². The summed E-state index contributed by atoms with van der Waals surface area (Å²) in [5.41, 5.74) is 1.06. The van der Waals surface area contributed by atoms with Crippen LogP contribution in [-0.4, -0.2) is 23.0 Å². The number of hydrogen-bond acceptors (Lipinski definition) is 5. The van der Waals surface area contributed by atoms with E-state index in [1.165, 1.54) is 0 Å². The summed E-state index contributed by atoms with van der Waals surface area (Å²) in [6, 6.07) is 0. The fourth-order valence-electron chi connectivity index (χ4n) is 1.36. The van der Waals surface area contributed by atoms with Gasteiger partial charge in [0.15, 0.2) is 5.96 Å². The van der Waals surface area contributed by atoms with Crippen LogP contribution >= 0.6 is 22.7 Å². The standard InChI is InChI=1S/C11H15N5S2/c1-8-7-18-10(16-8)6-15-11(12-2)14-5-9-13-3-4-17-9/h3-4,7H,5-6H2,1-2H3,(H2,12,14,15). The first-order chi connectivity index (χ1) is 8.78. The van der Waals surface area contributed by atoms with E-state index in [0.29, 0.717) is 13.1 Å². The predicted molar refractivity (Wildman–Crippen MR) is 76.0 cm³/mol. The topological polar surface area (TPSA) is 62.2 Å². The second-order valence-corrected chi connectivity index (χ2v) is 5.51. The van der Waals surface area contributed by atoms with E-state index in [1.807, 2.05) is 17.7 Å². The summed E-state index contributed by atoms with van der Waals surface area (Å²) in [4.78, 5) is 12.8. The second kappa shape index (κ2) is 6.46. The zero-order valence-electron chi connectivity index (χ0n) is 10.3. The monoisotopic (exact) mass is 281 g/mol. The Balaban J connectivity index is 1.79. The molecule has 0 radical (unpaired) electrons. The minimum Gasteiger partial charge on any atom is -0.350 e. The zero-order valence-corrected chi connectivity index (χ0v) is 11.9. The SMILES string of the molecule is CN=C(NCc1nccs1)NCc1nc(C)cs1. The van der Waals surface area contributed by atoms with Crippen LogP contribution in [0.3, 0.4) is 0 Å². The largest absolute Gasteiger partial charge is 0.350 e. The number of hydrogen-bond donors (Lipinski definition) is 2. The number of nitrogens with zero attached hydrogens (tertiary/aromatic N) is 3. The number of guanidine groups is 1. The van der Waals surface area contributed by atoms with Crippen molar-refractivity contribution in [1.29, 1.82) is 0 Å². The average molecular weight is 281 g/mol. The van der Waals surface area contributed by atoms with Crippen LogP contribution in [-0.2, 0) is 13.1 Å². The molecule has 18 heavy (non-hydrogen) atoms. The van der Waals surface area contributed by atoms with E-state index >= 15 is 0 Å². The summed E-state index contributed by atoms with van der Waals surface area (Å²) >= 11 is 3.28. The molecule has 7 heteroatoms. The van der Waals surface area contributed by atoms with Gasteiger partial charge < -0.3 is 10.6 Å². The summed E-state index contributed by atoms with van der Waals surface area (Å²) in [6.07, 6.45) is 1.80. The summed E-state index contributed by atoms with van der Waals surface area (Å²) in [5, 5.41) is 12.6. The van der Waals surface area contributed by atoms with Gasteiger partial charge in [-0.15, -0.1) is 22.7 Å². The first kappa shape index (κ1) is 13.0. The van der Waals surface area contributed by atoms with Gasteiger partial charge in [-0.1, -0.05) is 0 Å². The molecule has 96 valence electrons. The molecule has 0 fully saturated rings. The highest BCUT2D eigenvalue weighted by Crippen LogP contribution is 2.07. The van der Waals surface area contributed by atoms with Crippen LogP contribution < -0.4 is 10.6 Å². The molecule has 0 saturated carbocycles. The van der Waals surface area contributed by atoms with E-state index in [2.05, 4.69) is 25.6 Å². The number of nitrogens with one attached hydrogen (secondary N) is 2. The van der Waals surface area contributed by atoms with Crippen LogP contribution in [0.4, 0.5) is 0 Å². The lowest BCUT2D eigenvalue weighted by Gasteiger charge is -2.09. The molecule has 2 N–H and O–H groups in total. The van der Waals surface area contributed by atoms with Gasteiger partial charge in [-0.25, -0.2) is 9.97 Å². The maximum atomic E-state index is 4.39. The van der Waals surface area contributed by atoms with E-state index in [-0.39, 0.29) is 0 Å². The highest BCUT2D eigenvalue weighted by Gasteiger charge is 2.02. The third-order valence-corrected chi connectivity index (χ3v) is 3.93. The molecule has 0 aliphatic heterocycles. The predicted octanol–water partition coefficient (Wildman–Crippen LogP) is 1.77. The van der Waals surface area contributed by atoms with Gasteiger partial charge in [-0.3, -0.25) is 4.99 Å². The van der Waals surface area contributed by atoms with Crippen molar-refractivity contribution in [2.24, 2.45) is 4.99 Å². The zero-order chi connectivity index (χ0) is 12.8. The van der Waals surface area contributed by atoms with Crippen LogP contribution in [0.2, 0.25) is 0 Å². The van der Waals surface area contributed by atoms with Gasteiger partial charge >= 0.3 is 0 Å². The number of rotatable bonds is 4. The summed E-state index contributed by atoms with van der Waals surface area (Å²) in [6.45, 7) is 3.37. The highest BCUT2D eigenvalue weighted by atomic mass is 32.1. The van der Waals surface area contributed by atoms with Crippen molar-refractivity contribution in [2.45, 2.75) is 20.0 Å². The number of thiazole rings is 2. The molecule has 0 bridgehead atoms. The molecule has 2 aromatic heterocycles. The van der Waals surface area contributed by atoms with Crippen LogP contribution in [0.5, 0.6) is 0 Å². The maximum Gasteiger partial charge on any atom is 0.191 e. The van der Waals surface area contributed by atoms with Gasteiger partial charge in [0.05, 0.1) is 13.1 Å². The normalized spacial score (nSPS) is 11.6. The molecular weight excluding hydrogens is 266 g/mol. The molecule has 5 nitrogen and oxygen atoms in total. The minimum absolute atomic E-state index is 0.689. The highest BCUT2D eigenvalue weighted by molar-refractivity contribution is 7.09. The second-order valence-electron chi connectivity index (χ2n) is 3.59. The van der Waals surface area contributed by atoms with Crippen molar-refractivity contribution < 1.29 is 0 Å². The van der Waals surface area contributed by atoms with Crippen molar-refractivity contribution in [3.8, 4) is 0 Å². The Morgan fingerprint density at radius 3 is 2.61 bits per heavy atom. The van der Waals surface area contributed by atoms with Gasteiger partial charge in [0.1, 0.15) is 10.0 Å². The number of aliphatic imine (C=N–C) groups is 1. The molecule has 0 atom stereocenters. The van der Waals surface area contributed by atoms with Crippen molar-refractivity contribution >= 4 is 28.6 Å². The molecule has 0 unspecified atom stereocenters. The van der Waals surface area contributed by atoms with Crippen LogP contribution in [0.1, 0.15) is 15.7 Å². The molecule has 2 heterocycles. The molecule has 0 aliphatic carbocycles. The summed E-state index contributed by atoms with van der Waals surface area (Å²) in [5.74, 6) is 0.762. The quantitative estimate of drug-likeness (QED) is 0.662. The Kier molecular flexibility index (Phi) is 4.66. The Morgan fingerprint density at radius 1 is 1.28 bits per heavy atom. The lowest BCUT2D eigenvalue weighted by atomic mass is 10.5. The van der Waals surface area contributed by atoms with Crippen LogP contribution in [0, 0.1) is 6.92 Å². The molecule has 2 aromatic rings. The van der Waals surface area contributed by atoms with E-state index in [4.69, 9.17) is 0 Å². The third kappa shape index (κ3) is 3.78. The van der Waals surface area contributed by atoms with Crippen molar-refractivity contribution in [3.63, 3.8) is 0 Å². The van der Waals surface area contributed by atoms with Gasteiger partial charge in [-0.05, 0) is 6.92 Å². The first-order valence-corrected chi connectivity index (χ1v) is 7.28.